The molecule has 1 aromatic carbocycles. The lowest BCUT2D eigenvalue weighted by molar-refractivity contribution is 0.681. The summed E-state index contributed by atoms with van der Waals surface area (Å²) >= 11 is 0. The minimum absolute atomic E-state index is 0.404. The fourth-order valence-corrected chi connectivity index (χ4v) is 3.30. The molecule has 0 spiro atoms. The largest absolute Gasteiger partial charge is 0.398 e. The molecule has 0 radical (unpaired) electrons. The molecule has 2 rings (SSSR count). The number of hydrogen-bond donors (Lipinski definition) is 1. The number of hydrogen-bond acceptors (Lipinski definition) is 3. The van der Waals surface area contributed by atoms with Gasteiger partial charge in [0.2, 0.25) is 0 Å². The smallest absolute Gasteiger partial charge is 0.0709 e. The summed E-state index contributed by atoms with van der Waals surface area (Å²) in [5, 5.41) is 0. The second-order valence-electron chi connectivity index (χ2n) is 4.68. The lowest BCUT2D eigenvalue weighted by Crippen LogP contribution is -2.06. The number of anilines is 1. The quantitative estimate of drug-likeness (QED) is 0.936. The Balaban J connectivity index is 2.30. The van der Waals surface area contributed by atoms with Crippen LogP contribution in [0.3, 0.4) is 0 Å². The van der Waals surface area contributed by atoms with E-state index < -0.39 is 10.8 Å². The summed E-state index contributed by atoms with van der Waals surface area (Å²) in [6, 6.07) is 7.72. The minimum Gasteiger partial charge on any atom is -0.398 e. The summed E-state index contributed by atoms with van der Waals surface area (Å²) < 4.78 is 12.4. The van der Waals surface area contributed by atoms with Crippen LogP contribution in [0.25, 0.3) is 0 Å². The lowest BCUT2D eigenvalue weighted by Gasteiger charge is -2.10. The highest BCUT2D eigenvalue weighted by molar-refractivity contribution is 7.84. The molecule has 19 heavy (non-hydrogen) atoms. The lowest BCUT2D eigenvalue weighted by atomic mass is 10.1. The van der Waals surface area contributed by atoms with Crippen LogP contribution in [0.15, 0.2) is 35.4 Å². The van der Waals surface area contributed by atoms with Crippen LogP contribution in [0, 0.1) is 20.8 Å². The number of rotatable bonds is 3. The third-order valence-corrected chi connectivity index (χ3v) is 4.77. The fourth-order valence-electron chi connectivity index (χ4n) is 1.95. The van der Waals surface area contributed by atoms with E-state index in [9.17, 15) is 4.21 Å². The minimum atomic E-state index is -1.09. The van der Waals surface area contributed by atoms with Gasteiger partial charge in [0.05, 0.1) is 22.2 Å². The van der Waals surface area contributed by atoms with Crippen molar-refractivity contribution in [2.24, 2.45) is 0 Å². The maximum absolute atomic E-state index is 12.4. The van der Waals surface area contributed by atoms with Crippen molar-refractivity contribution in [3.8, 4) is 0 Å². The first-order valence-corrected chi connectivity index (χ1v) is 7.47. The number of benzene rings is 1. The summed E-state index contributed by atoms with van der Waals surface area (Å²) in [5.41, 5.74) is 10.5. The van der Waals surface area contributed by atoms with Crippen molar-refractivity contribution < 1.29 is 4.21 Å². The van der Waals surface area contributed by atoms with E-state index >= 15 is 0 Å². The van der Waals surface area contributed by atoms with Gasteiger partial charge in [-0.1, -0.05) is 18.2 Å². The van der Waals surface area contributed by atoms with Crippen molar-refractivity contribution in [3.05, 3.63) is 52.8 Å². The van der Waals surface area contributed by atoms with E-state index in [1.54, 1.807) is 6.20 Å². The topological polar surface area (TPSA) is 56.0 Å². The molecule has 0 aliphatic heterocycles. The third-order valence-electron chi connectivity index (χ3n) is 3.28. The standard InChI is InChI=1S/C15H18N2OS/c1-10-6-4-5-7-14(10)19(18)9-13-12(3)15(16)11(2)8-17-13/h4-8H,9H2,1-3H3,(H2,16,17). The molecule has 3 nitrogen and oxygen atoms in total. The van der Waals surface area contributed by atoms with Crippen LogP contribution in [0.2, 0.25) is 0 Å². The first kappa shape index (κ1) is 13.7. The van der Waals surface area contributed by atoms with E-state index in [4.69, 9.17) is 5.73 Å². The van der Waals surface area contributed by atoms with Gasteiger partial charge < -0.3 is 5.73 Å². The van der Waals surface area contributed by atoms with Gasteiger partial charge in [0, 0.05) is 16.8 Å². The number of nitrogens with two attached hydrogens (primary N) is 1. The van der Waals surface area contributed by atoms with Gasteiger partial charge in [-0.05, 0) is 43.5 Å². The zero-order valence-electron chi connectivity index (χ0n) is 11.4. The van der Waals surface area contributed by atoms with Crippen LogP contribution in [-0.4, -0.2) is 9.19 Å². The maximum Gasteiger partial charge on any atom is 0.0709 e. The van der Waals surface area contributed by atoms with E-state index in [1.165, 1.54) is 0 Å². The number of aryl methyl sites for hydroxylation is 2. The molecule has 1 heterocycles. The normalized spacial score (nSPS) is 12.4. The first-order valence-electron chi connectivity index (χ1n) is 6.15. The molecule has 4 heteroatoms. The van der Waals surface area contributed by atoms with Gasteiger partial charge >= 0.3 is 0 Å². The third kappa shape index (κ3) is 2.84. The number of pyridine rings is 1. The van der Waals surface area contributed by atoms with E-state index in [1.807, 2.05) is 45.0 Å². The average Bonchev–Trinajstić information content (AvgIpc) is 2.40. The Bertz CT molecular complexity index is 638. The fraction of sp³-hybridized carbons (Fsp3) is 0.267. The highest BCUT2D eigenvalue weighted by Gasteiger charge is 2.12. The van der Waals surface area contributed by atoms with Gasteiger partial charge in [-0.25, -0.2) is 0 Å². The second kappa shape index (κ2) is 5.53. The van der Waals surface area contributed by atoms with Gasteiger partial charge in [0.15, 0.2) is 0 Å². The maximum atomic E-state index is 12.4. The Morgan fingerprint density at radius 3 is 2.53 bits per heavy atom. The molecule has 0 saturated heterocycles. The average molecular weight is 274 g/mol. The molecule has 0 fully saturated rings. The van der Waals surface area contributed by atoms with E-state index in [2.05, 4.69) is 4.98 Å². The Kier molecular flexibility index (Phi) is 4.00. The van der Waals surface area contributed by atoms with Crippen molar-refractivity contribution in [2.75, 3.05) is 5.73 Å². The van der Waals surface area contributed by atoms with Crippen LogP contribution in [0.4, 0.5) is 5.69 Å². The molecule has 0 amide bonds. The molecule has 1 unspecified atom stereocenters. The van der Waals surface area contributed by atoms with E-state index in [0.717, 1.165) is 33.0 Å². The van der Waals surface area contributed by atoms with Gasteiger partial charge in [-0.2, -0.15) is 0 Å². The van der Waals surface area contributed by atoms with Gasteiger partial charge in [0.25, 0.3) is 0 Å². The summed E-state index contributed by atoms with van der Waals surface area (Å²) in [5.74, 6) is 0.404. The first-order chi connectivity index (χ1) is 9.00. The Morgan fingerprint density at radius 1 is 1.16 bits per heavy atom. The summed E-state index contributed by atoms with van der Waals surface area (Å²) in [4.78, 5) is 5.22. The molecule has 0 bridgehead atoms. The molecular weight excluding hydrogens is 256 g/mol. The molecule has 0 aliphatic rings. The SMILES string of the molecule is Cc1ccccc1S(=O)Cc1ncc(C)c(N)c1C. The predicted octanol–water partition coefficient (Wildman–Crippen LogP) is 2.90. The van der Waals surface area contributed by atoms with Crippen LogP contribution < -0.4 is 5.73 Å². The molecule has 1 aromatic heterocycles. The predicted molar refractivity (Wildman–Crippen MR) is 79.4 cm³/mol. The molecule has 0 aliphatic carbocycles. The molecule has 1 atom stereocenters. The molecular formula is C15H18N2OS. The van der Waals surface area contributed by atoms with Crippen molar-refractivity contribution in [2.45, 2.75) is 31.4 Å². The van der Waals surface area contributed by atoms with Crippen molar-refractivity contribution in [1.82, 2.24) is 4.98 Å². The zero-order chi connectivity index (χ0) is 14.0. The molecule has 2 aromatic rings. The summed E-state index contributed by atoms with van der Waals surface area (Å²) in [6.07, 6.45) is 1.74. The Labute approximate surface area is 116 Å². The van der Waals surface area contributed by atoms with Crippen molar-refractivity contribution in [3.63, 3.8) is 0 Å². The number of nitrogens with zero attached hydrogens (tertiary/aromatic N) is 1. The van der Waals surface area contributed by atoms with Crippen LogP contribution in [0.1, 0.15) is 22.4 Å². The zero-order valence-corrected chi connectivity index (χ0v) is 12.3. The van der Waals surface area contributed by atoms with Crippen LogP contribution in [0.5, 0.6) is 0 Å². The highest BCUT2D eigenvalue weighted by atomic mass is 32.2. The van der Waals surface area contributed by atoms with E-state index in [-0.39, 0.29) is 0 Å². The molecule has 0 saturated carbocycles. The second-order valence-corrected chi connectivity index (χ2v) is 6.10. The van der Waals surface area contributed by atoms with E-state index in [0.29, 0.717) is 5.75 Å². The number of nitrogen functional groups attached to an aromatic ring is 1. The van der Waals surface area contributed by atoms with Crippen molar-refractivity contribution in [1.29, 1.82) is 0 Å². The van der Waals surface area contributed by atoms with Crippen molar-refractivity contribution >= 4 is 16.5 Å². The molecule has 2 N–H and O–H groups in total. The van der Waals surface area contributed by atoms with Crippen LogP contribution in [-0.2, 0) is 16.6 Å². The van der Waals surface area contributed by atoms with Gasteiger partial charge in [0.1, 0.15) is 0 Å². The summed E-state index contributed by atoms with van der Waals surface area (Å²) in [6.45, 7) is 5.83. The number of aromatic nitrogens is 1. The Hall–Kier alpha value is -1.68. The highest BCUT2D eigenvalue weighted by Crippen LogP contribution is 2.21. The molecule has 100 valence electrons. The van der Waals surface area contributed by atoms with Gasteiger partial charge in [-0.3, -0.25) is 9.19 Å². The Morgan fingerprint density at radius 2 is 1.84 bits per heavy atom. The van der Waals surface area contributed by atoms with Gasteiger partial charge in [-0.15, -0.1) is 0 Å². The monoisotopic (exact) mass is 274 g/mol. The van der Waals surface area contributed by atoms with Crippen LogP contribution >= 0.6 is 0 Å². The summed E-state index contributed by atoms with van der Waals surface area (Å²) in [7, 11) is -1.09.